The zero-order valence-electron chi connectivity index (χ0n) is 9.67. The van der Waals surface area contributed by atoms with Crippen LogP contribution in [0.5, 0.6) is 12.0 Å². The lowest BCUT2D eigenvalue weighted by Crippen LogP contribution is -2.28. The maximum atomic E-state index is 8.91. The molecular formula is C9H16N4O3. The van der Waals surface area contributed by atoms with Crippen LogP contribution in [0.4, 0.5) is 5.95 Å². The van der Waals surface area contributed by atoms with Gasteiger partial charge in [0, 0.05) is 13.1 Å². The standard InChI is InChI=1S/C9H16N4O3/c1-4-13(5-6-14)7-10-8(15-2)12-9(11-7)16-3/h14H,4-6H2,1-3H3. The van der Waals surface area contributed by atoms with E-state index in [0.29, 0.717) is 19.0 Å². The van der Waals surface area contributed by atoms with Gasteiger partial charge in [-0.1, -0.05) is 0 Å². The third-order valence-corrected chi connectivity index (χ3v) is 1.98. The first-order valence-electron chi connectivity index (χ1n) is 4.95. The van der Waals surface area contributed by atoms with Crippen LogP contribution in [-0.2, 0) is 0 Å². The predicted molar refractivity (Wildman–Crippen MR) is 57.9 cm³/mol. The van der Waals surface area contributed by atoms with Crippen molar-refractivity contribution in [3.8, 4) is 12.0 Å². The molecule has 0 aliphatic rings. The molecule has 0 bridgehead atoms. The van der Waals surface area contributed by atoms with Crippen molar-refractivity contribution in [3.63, 3.8) is 0 Å². The quantitative estimate of drug-likeness (QED) is 0.716. The average molecular weight is 228 g/mol. The van der Waals surface area contributed by atoms with Crippen LogP contribution in [0.1, 0.15) is 6.92 Å². The average Bonchev–Trinajstić information content (AvgIpc) is 2.35. The molecule has 1 aromatic heterocycles. The molecule has 0 unspecified atom stereocenters. The summed E-state index contributed by atoms with van der Waals surface area (Å²) in [5.74, 6) is 0.431. The highest BCUT2D eigenvalue weighted by molar-refractivity contribution is 5.31. The van der Waals surface area contributed by atoms with Crippen molar-refractivity contribution in [1.82, 2.24) is 15.0 Å². The van der Waals surface area contributed by atoms with Crippen molar-refractivity contribution in [2.75, 3.05) is 38.8 Å². The van der Waals surface area contributed by atoms with Crippen LogP contribution >= 0.6 is 0 Å². The van der Waals surface area contributed by atoms with E-state index in [-0.39, 0.29) is 18.6 Å². The third kappa shape index (κ3) is 2.93. The van der Waals surface area contributed by atoms with Crippen molar-refractivity contribution in [2.45, 2.75) is 6.92 Å². The van der Waals surface area contributed by atoms with Crippen LogP contribution < -0.4 is 14.4 Å². The molecule has 0 aromatic carbocycles. The molecule has 0 saturated heterocycles. The van der Waals surface area contributed by atoms with Gasteiger partial charge in [-0.05, 0) is 6.92 Å². The van der Waals surface area contributed by atoms with E-state index in [2.05, 4.69) is 15.0 Å². The van der Waals surface area contributed by atoms with Gasteiger partial charge in [-0.25, -0.2) is 0 Å². The lowest BCUT2D eigenvalue weighted by atomic mass is 10.5. The van der Waals surface area contributed by atoms with Crippen LogP contribution in [0, 0.1) is 0 Å². The SMILES string of the molecule is CCN(CCO)c1nc(OC)nc(OC)n1. The minimum absolute atomic E-state index is 0.0319. The van der Waals surface area contributed by atoms with E-state index in [4.69, 9.17) is 14.6 Å². The summed E-state index contributed by atoms with van der Waals surface area (Å²) < 4.78 is 9.88. The molecule has 0 radical (unpaired) electrons. The van der Waals surface area contributed by atoms with Crippen LogP contribution in [0.2, 0.25) is 0 Å². The third-order valence-electron chi connectivity index (χ3n) is 1.98. The van der Waals surface area contributed by atoms with Gasteiger partial charge in [-0.3, -0.25) is 0 Å². The largest absolute Gasteiger partial charge is 0.467 e. The number of nitrogens with zero attached hydrogens (tertiary/aromatic N) is 4. The maximum Gasteiger partial charge on any atom is 0.324 e. The van der Waals surface area contributed by atoms with Gasteiger partial charge in [0.2, 0.25) is 5.95 Å². The molecule has 0 fully saturated rings. The minimum atomic E-state index is 0.0319. The highest BCUT2D eigenvalue weighted by Gasteiger charge is 2.12. The Hall–Kier alpha value is -1.63. The summed E-state index contributed by atoms with van der Waals surface area (Å²) in [5.41, 5.74) is 0. The van der Waals surface area contributed by atoms with Gasteiger partial charge in [-0.15, -0.1) is 4.98 Å². The van der Waals surface area contributed by atoms with Crippen LogP contribution in [0.15, 0.2) is 0 Å². The Labute approximate surface area is 94.1 Å². The Morgan fingerprint density at radius 3 is 2.06 bits per heavy atom. The van der Waals surface area contributed by atoms with E-state index >= 15 is 0 Å². The number of aromatic nitrogens is 3. The molecule has 0 aliphatic carbocycles. The monoisotopic (exact) mass is 228 g/mol. The molecule has 1 N–H and O–H groups in total. The number of methoxy groups -OCH3 is 2. The van der Waals surface area contributed by atoms with Crippen molar-refractivity contribution < 1.29 is 14.6 Å². The molecule has 0 spiro atoms. The van der Waals surface area contributed by atoms with Gasteiger partial charge in [0.05, 0.1) is 20.8 Å². The molecule has 7 nitrogen and oxygen atoms in total. The molecule has 7 heteroatoms. The molecule has 0 saturated carbocycles. The van der Waals surface area contributed by atoms with Gasteiger partial charge in [0.25, 0.3) is 0 Å². The molecule has 1 aromatic rings. The fraction of sp³-hybridized carbons (Fsp3) is 0.667. The molecule has 1 heterocycles. The zero-order chi connectivity index (χ0) is 12.0. The van der Waals surface area contributed by atoms with Gasteiger partial charge in [-0.2, -0.15) is 9.97 Å². The van der Waals surface area contributed by atoms with E-state index in [1.807, 2.05) is 6.92 Å². The first kappa shape index (κ1) is 12.4. The van der Waals surface area contributed by atoms with Gasteiger partial charge < -0.3 is 19.5 Å². The summed E-state index contributed by atoms with van der Waals surface area (Å²) in [4.78, 5) is 13.8. The van der Waals surface area contributed by atoms with Gasteiger partial charge >= 0.3 is 12.0 Å². The predicted octanol–water partition coefficient (Wildman–Crippen LogP) is -0.293. The number of ether oxygens (including phenoxy) is 2. The molecule has 0 aliphatic heterocycles. The maximum absolute atomic E-state index is 8.91. The van der Waals surface area contributed by atoms with E-state index in [1.54, 1.807) is 4.90 Å². The molecule has 1 rings (SSSR count). The molecular weight excluding hydrogens is 212 g/mol. The Bertz CT molecular complexity index is 312. The number of rotatable bonds is 6. The van der Waals surface area contributed by atoms with Crippen LogP contribution in [0.3, 0.4) is 0 Å². The lowest BCUT2D eigenvalue weighted by molar-refractivity contribution is 0.300. The highest BCUT2D eigenvalue weighted by atomic mass is 16.5. The van der Waals surface area contributed by atoms with Crippen molar-refractivity contribution in [2.24, 2.45) is 0 Å². The summed E-state index contributed by atoms with van der Waals surface area (Å²) in [7, 11) is 2.95. The van der Waals surface area contributed by atoms with Crippen LogP contribution in [-0.4, -0.2) is 54.0 Å². The van der Waals surface area contributed by atoms with Crippen molar-refractivity contribution in [1.29, 1.82) is 0 Å². The smallest absolute Gasteiger partial charge is 0.324 e. The van der Waals surface area contributed by atoms with E-state index in [1.165, 1.54) is 14.2 Å². The summed E-state index contributed by atoms with van der Waals surface area (Å²) in [6.45, 7) is 3.10. The second kappa shape index (κ2) is 6.06. The molecule has 16 heavy (non-hydrogen) atoms. The van der Waals surface area contributed by atoms with E-state index < -0.39 is 0 Å². The molecule has 90 valence electrons. The Balaban J connectivity index is 3.00. The number of aliphatic hydroxyl groups excluding tert-OH is 1. The Kier molecular flexibility index (Phi) is 4.71. The van der Waals surface area contributed by atoms with Gasteiger partial charge in [0.15, 0.2) is 0 Å². The number of aliphatic hydroxyl groups is 1. The number of anilines is 1. The van der Waals surface area contributed by atoms with E-state index in [0.717, 1.165) is 0 Å². The summed E-state index contributed by atoms with van der Waals surface area (Å²) in [5, 5.41) is 8.91. The number of likely N-dealkylation sites (N-methyl/N-ethyl adjacent to an activating group) is 1. The number of hydrogen-bond donors (Lipinski definition) is 1. The molecule has 0 amide bonds. The van der Waals surface area contributed by atoms with Crippen molar-refractivity contribution >= 4 is 5.95 Å². The molecule has 0 atom stereocenters. The second-order valence-electron chi connectivity index (χ2n) is 2.91. The topological polar surface area (TPSA) is 80.6 Å². The Morgan fingerprint density at radius 1 is 1.12 bits per heavy atom. The summed E-state index contributed by atoms with van der Waals surface area (Å²) >= 11 is 0. The Morgan fingerprint density at radius 2 is 1.69 bits per heavy atom. The lowest BCUT2D eigenvalue weighted by Gasteiger charge is -2.19. The first-order valence-corrected chi connectivity index (χ1v) is 4.95. The summed E-state index contributed by atoms with van der Waals surface area (Å²) in [6.07, 6.45) is 0. The fourth-order valence-corrected chi connectivity index (χ4v) is 1.17. The normalized spacial score (nSPS) is 10.0. The highest BCUT2D eigenvalue weighted by Crippen LogP contribution is 2.15. The fourth-order valence-electron chi connectivity index (χ4n) is 1.17. The second-order valence-corrected chi connectivity index (χ2v) is 2.91. The van der Waals surface area contributed by atoms with Crippen molar-refractivity contribution in [3.05, 3.63) is 0 Å². The van der Waals surface area contributed by atoms with Crippen LogP contribution in [0.25, 0.3) is 0 Å². The van der Waals surface area contributed by atoms with Gasteiger partial charge in [0.1, 0.15) is 0 Å². The first-order chi connectivity index (χ1) is 7.74. The number of hydrogen-bond acceptors (Lipinski definition) is 7. The summed E-state index contributed by atoms with van der Waals surface area (Å²) in [6, 6.07) is 0.386. The minimum Gasteiger partial charge on any atom is -0.467 e. The zero-order valence-corrected chi connectivity index (χ0v) is 9.67. The van der Waals surface area contributed by atoms with E-state index in [9.17, 15) is 0 Å².